The van der Waals surface area contributed by atoms with E-state index in [1.54, 1.807) is 6.07 Å². The van der Waals surface area contributed by atoms with Crippen LogP contribution in [0.25, 0.3) is 22.3 Å². The van der Waals surface area contributed by atoms with E-state index in [2.05, 4.69) is 6.92 Å². The lowest BCUT2D eigenvalue weighted by Crippen LogP contribution is -2.20. The van der Waals surface area contributed by atoms with Crippen LogP contribution in [0.5, 0.6) is 0 Å². The van der Waals surface area contributed by atoms with Gasteiger partial charge in [0.1, 0.15) is 11.6 Å². The number of halogens is 3. The molecule has 0 spiro atoms. The van der Waals surface area contributed by atoms with Crippen molar-refractivity contribution in [1.82, 2.24) is 0 Å². The summed E-state index contributed by atoms with van der Waals surface area (Å²) >= 11 is 5.89. The Morgan fingerprint density at radius 1 is 0.933 bits per heavy atom. The molecule has 0 aromatic heterocycles. The van der Waals surface area contributed by atoms with Gasteiger partial charge in [0.25, 0.3) is 0 Å². The summed E-state index contributed by atoms with van der Waals surface area (Å²) in [6.07, 6.45) is 3.38. The summed E-state index contributed by atoms with van der Waals surface area (Å²) in [6, 6.07) is 22.1. The van der Waals surface area contributed by atoms with E-state index in [0.29, 0.717) is 11.1 Å². The highest BCUT2D eigenvalue weighted by Gasteiger charge is 2.27. The van der Waals surface area contributed by atoms with Crippen molar-refractivity contribution in [2.75, 3.05) is 0 Å². The third kappa shape index (κ3) is 4.38. The third-order valence-corrected chi connectivity index (χ3v) is 9.71. The van der Waals surface area contributed by atoms with Crippen LogP contribution in [0.3, 0.4) is 0 Å². The topological polar surface area (TPSA) is 0 Å². The van der Waals surface area contributed by atoms with Gasteiger partial charge in [-0.3, -0.25) is 0 Å². The molecule has 1 radical (unpaired) electrons. The maximum atomic E-state index is 16.0. The van der Waals surface area contributed by atoms with Crippen LogP contribution in [0.4, 0.5) is 8.78 Å². The molecule has 0 N–H and O–H groups in total. The maximum absolute atomic E-state index is 16.0. The van der Waals surface area contributed by atoms with E-state index in [-0.39, 0.29) is 25.6 Å². The predicted octanol–water partition coefficient (Wildman–Crippen LogP) is 8.73. The largest absolute Gasteiger partial charge is 0.206 e. The van der Waals surface area contributed by atoms with Gasteiger partial charge in [0, 0.05) is 14.4 Å². The van der Waals surface area contributed by atoms with Gasteiger partial charge in [-0.15, -0.1) is 0 Å². The Morgan fingerprint density at radius 3 is 2.33 bits per heavy atom. The fourth-order valence-corrected chi connectivity index (χ4v) is 7.73. The lowest BCUT2D eigenvalue weighted by atomic mass is 9.86. The monoisotopic (exact) mass is 439 g/mol. The first-order valence-corrected chi connectivity index (χ1v) is 13.2. The molecule has 1 fully saturated rings. The molecule has 0 amide bonds. The van der Waals surface area contributed by atoms with Crippen LogP contribution in [-0.4, -0.2) is 8.80 Å². The zero-order chi connectivity index (χ0) is 21.1. The molecule has 1 aliphatic rings. The first-order valence-electron chi connectivity index (χ1n) is 10.7. The van der Waals surface area contributed by atoms with Crippen molar-refractivity contribution in [1.29, 1.82) is 0 Å². The van der Waals surface area contributed by atoms with Gasteiger partial charge in [-0.2, -0.15) is 0 Å². The lowest BCUT2D eigenvalue weighted by Gasteiger charge is -2.28. The van der Waals surface area contributed by atoms with Crippen LogP contribution in [0.1, 0.15) is 37.7 Å². The number of benzene rings is 3. The van der Waals surface area contributed by atoms with Crippen molar-refractivity contribution in [2.45, 2.75) is 50.2 Å². The smallest absolute Gasteiger partial charge is 0.142 e. The van der Waals surface area contributed by atoms with Gasteiger partial charge in [0.2, 0.25) is 0 Å². The van der Waals surface area contributed by atoms with Crippen molar-refractivity contribution in [3.8, 4) is 22.3 Å². The molecular formula is C26H26ClF2Si. The molecule has 0 nitrogen and oxygen atoms in total. The van der Waals surface area contributed by atoms with Crippen molar-refractivity contribution < 1.29 is 8.78 Å². The second-order valence-corrected chi connectivity index (χ2v) is 11.6. The summed E-state index contributed by atoms with van der Waals surface area (Å²) in [6.45, 7) is 2.25. The van der Waals surface area contributed by atoms with Crippen LogP contribution in [0.2, 0.25) is 23.2 Å². The normalized spacial score (nSPS) is 15.5. The van der Waals surface area contributed by atoms with E-state index < -0.39 is 5.82 Å². The third-order valence-electron chi connectivity index (χ3n) is 6.20. The summed E-state index contributed by atoms with van der Waals surface area (Å²) in [5.74, 6) is -0.493. The molecule has 1 heterocycles. The van der Waals surface area contributed by atoms with Crippen LogP contribution in [0, 0.1) is 11.6 Å². The summed E-state index contributed by atoms with van der Waals surface area (Å²) in [5, 5.41) is 0.0504. The van der Waals surface area contributed by atoms with Crippen LogP contribution in [-0.2, 0) is 0 Å². The standard InChI is InChI=1S/C26H26ClF2Si/c1-2-14-30-15-12-19(13-16-30)22-10-9-21(18-6-4-3-5-7-18)25(26(22)29)20-8-11-23(27)24(28)17-20/h3-11,17,19H,2,12-16H2,1H3. The zero-order valence-electron chi connectivity index (χ0n) is 17.2. The van der Waals surface area contributed by atoms with E-state index in [4.69, 9.17) is 11.6 Å². The predicted molar refractivity (Wildman–Crippen MR) is 125 cm³/mol. The molecule has 0 unspecified atom stereocenters. The molecule has 0 atom stereocenters. The fourth-order valence-electron chi connectivity index (χ4n) is 4.64. The van der Waals surface area contributed by atoms with Crippen LogP contribution in [0.15, 0.2) is 60.7 Å². The molecule has 1 aliphatic heterocycles. The summed E-state index contributed by atoms with van der Waals surface area (Å²) < 4.78 is 30.3. The average molecular weight is 440 g/mol. The van der Waals surface area contributed by atoms with Gasteiger partial charge >= 0.3 is 0 Å². The van der Waals surface area contributed by atoms with Gasteiger partial charge in [-0.25, -0.2) is 8.78 Å². The summed E-state index contributed by atoms with van der Waals surface area (Å²) in [7, 11) is -0.260. The minimum Gasteiger partial charge on any atom is -0.206 e. The molecule has 4 heteroatoms. The van der Waals surface area contributed by atoms with E-state index in [0.717, 1.165) is 29.5 Å². The van der Waals surface area contributed by atoms with E-state index in [1.165, 1.54) is 36.7 Å². The Labute approximate surface area is 184 Å². The van der Waals surface area contributed by atoms with Crippen LogP contribution < -0.4 is 0 Å². The highest BCUT2D eigenvalue weighted by molar-refractivity contribution is 6.59. The molecule has 0 saturated carbocycles. The first-order chi connectivity index (χ1) is 14.6. The van der Waals surface area contributed by atoms with Crippen molar-refractivity contribution in [3.05, 3.63) is 82.9 Å². The number of hydrogen-bond acceptors (Lipinski definition) is 0. The van der Waals surface area contributed by atoms with E-state index >= 15 is 4.39 Å². The van der Waals surface area contributed by atoms with E-state index in [9.17, 15) is 4.39 Å². The van der Waals surface area contributed by atoms with Gasteiger partial charge in [-0.05, 0) is 53.1 Å². The first kappa shape index (κ1) is 21.3. The minimum absolute atomic E-state index is 0.0504. The van der Waals surface area contributed by atoms with Gasteiger partial charge in [0.05, 0.1) is 5.02 Å². The van der Waals surface area contributed by atoms with Gasteiger partial charge < -0.3 is 0 Å². The lowest BCUT2D eigenvalue weighted by molar-refractivity contribution is 0.546. The van der Waals surface area contributed by atoms with Gasteiger partial charge in [-0.1, -0.05) is 91.6 Å². The molecule has 30 heavy (non-hydrogen) atoms. The zero-order valence-corrected chi connectivity index (χ0v) is 19.0. The summed E-state index contributed by atoms with van der Waals surface area (Å²) in [5.41, 5.74) is 3.48. The van der Waals surface area contributed by atoms with Crippen molar-refractivity contribution in [3.63, 3.8) is 0 Å². The Morgan fingerprint density at radius 2 is 1.67 bits per heavy atom. The average Bonchev–Trinajstić information content (AvgIpc) is 2.77. The highest BCUT2D eigenvalue weighted by atomic mass is 35.5. The molecule has 0 aliphatic carbocycles. The van der Waals surface area contributed by atoms with E-state index in [1.807, 2.05) is 42.5 Å². The number of rotatable bonds is 5. The highest BCUT2D eigenvalue weighted by Crippen LogP contribution is 2.42. The Bertz CT molecular complexity index is 1010. The van der Waals surface area contributed by atoms with Crippen LogP contribution >= 0.6 is 11.6 Å². The molecule has 3 aromatic carbocycles. The second kappa shape index (κ2) is 9.45. The summed E-state index contributed by atoms with van der Waals surface area (Å²) in [4.78, 5) is 0. The second-order valence-electron chi connectivity index (χ2n) is 8.16. The van der Waals surface area contributed by atoms with Crippen molar-refractivity contribution >= 4 is 20.4 Å². The molecule has 0 bridgehead atoms. The Balaban J connectivity index is 1.79. The quantitative estimate of drug-likeness (QED) is 0.348. The maximum Gasteiger partial charge on any atom is 0.142 e. The molecule has 1 saturated heterocycles. The van der Waals surface area contributed by atoms with Gasteiger partial charge in [0.15, 0.2) is 0 Å². The van der Waals surface area contributed by atoms with Crippen molar-refractivity contribution in [2.24, 2.45) is 0 Å². The minimum atomic E-state index is -0.526. The SMILES string of the molecule is CCC[Si]1CCC(c2ccc(-c3ccccc3)c(-c3ccc(Cl)c(F)c3)c2F)CC1. The number of hydrogen-bond donors (Lipinski definition) is 0. The molecule has 155 valence electrons. The fraction of sp³-hybridized carbons (Fsp3) is 0.308. The Hall–Kier alpha value is -1.97. The molecule has 4 rings (SSSR count). The Kier molecular flexibility index (Phi) is 6.70. The molecular weight excluding hydrogens is 414 g/mol. The molecule has 3 aromatic rings.